The number of hydrogen-bond donors (Lipinski definition) is 1. The molecule has 1 aliphatic rings. The predicted molar refractivity (Wildman–Crippen MR) is 151 cm³/mol. The number of carbonyl (C=O) groups excluding carboxylic acids is 1. The van der Waals surface area contributed by atoms with Crippen molar-refractivity contribution in [2.24, 2.45) is 0 Å². The van der Waals surface area contributed by atoms with E-state index >= 15 is 0 Å². The molecule has 2 aromatic heterocycles. The number of halogens is 6. The fraction of sp³-hybridized carbons (Fsp3) is 0.259. The fourth-order valence-corrected chi connectivity index (χ4v) is 6.09. The van der Waals surface area contributed by atoms with Gasteiger partial charge < -0.3 is 5.32 Å². The molecule has 2 aromatic carbocycles. The Labute approximate surface area is 246 Å². The lowest BCUT2D eigenvalue weighted by Gasteiger charge is -2.27. The number of alkyl halides is 3. The first-order valence-corrected chi connectivity index (χ1v) is 15.3. The van der Waals surface area contributed by atoms with Gasteiger partial charge in [-0.25, -0.2) is 17.3 Å². The minimum absolute atomic E-state index is 0.0885. The van der Waals surface area contributed by atoms with Gasteiger partial charge in [-0.2, -0.15) is 18.3 Å². The van der Waals surface area contributed by atoms with Crippen molar-refractivity contribution >= 4 is 54.7 Å². The second kappa shape index (κ2) is 10.6. The van der Waals surface area contributed by atoms with Gasteiger partial charge in [0, 0.05) is 17.6 Å². The van der Waals surface area contributed by atoms with Crippen LogP contribution in [0.4, 0.5) is 23.2 Å². The van der Waals surface area contributed by atoms with Crippen molar-refractivity contribution in [3.63, 3.8) is 0 Å². The maximum atomic E-state index is 14.7. The zero-order valence-corrected chi connectivity index (χ0v) is 24.7. The smallest absolute Gasteiger partial charge is 0.355 e. The number of amides is 1. The van der Waals surface area contributed by atoms with E-state index in [-0.39, 0.29) is 17.2 Å². The Kier molecular flexibility index (Phi) is 7.58. The van der Waals surface area contributed by atoms with E-state index in [0.29, 0.717) is 27.4 Å². The molecule has 0 spiro atoms. The van der Waals surface area contributed by atoms with Gasteiger partial charge in [0.05, 0.1) is 45.8 Å². The minimum Gasteiger partial charge on any atom is -0.355 e. The molecule has 0 saturated heterocycles. The Morgan fingerprint density at radius 2 is 1.85 bits per heavy atom. The van der Waals surface area contributed by atoms with Crippen LogP contribution in [-0.2, 0) is 22.7 Å². The molecular weight excluding hydrogens is 652 g/mol. The average molecular weight is 674 g/mol. The van der Waals surface area contributed by atoms with Crippen LogP contribution < -0.4 is 9.62 Å². The van der Waals surface area contributed by atoms with Gasteiger partial charge in [0.15, 0.2) is 0 Å². The van der Waals surface area contributed by atoms with E-state index in [1.807, 2.05) is 0 Å². The highest BCUT2D eigenvalue weighted by Crippen LogP contribution is 2.47. The average Bonchev–Trinajstić information content (AvgIpc) is 3.67. The summed E-state index contributed by atoms with van der Waals surface area (Å²) in [6, 6.07) is 10.4. The highest BCUT2D eigenvalue weighted by atomic mass is 79.9. The lowest BCUT2D eigenvalue weighted by atomic mass is 10.0. The molecule has 0 atom stereocenters. The van der Waals surface area contributed by atoms with Crippen LogP contribution in [0.1, 0.15) is 45.8 Å². The van der Waals surface area contributed by atoms with Crippen molar-refractivity contribution in [1.82, 2.24) is 14.9 Å². The quantitative estimate of drug-likeness (QED) is 0.220. The highest BCUT2D eigenvalue weighted by Gasteiger charge is 2.39. The van der Waals surface area contributed by atoms with Crippen molar-refractivity contribution in [1.29, 1.82) is 0 Å². The monoisotopic (exact) mass is 672 g/mol. The zero-order chi connectivity index (χ0) is 29.9. The Morgan fingerprint density at radius 3 is 2.41 bits per heavy atom. The van der Waals surface area contributed by atoms with E-state index in [1.165, 1.54) is 17.8 Å². The van der Waals surface area contributed by atoms with Crippen LogP contribution >= 0.6 is 27.5 Å². The number of benzene rings is 2. The predicted octanol–water partition coefficient (Wildman–Crippen LogP) is 6.78. The zero-order valence-electron chi connectivity index (χ0n) is 21.6. The van der Waals surface area contributed by atoms with Gasteiger partial charge in [-0.05, 0) is 70.1 Å². The third kappa shape index (κ3) is 5.67. The van der Waals surface area contributed by atoms with Gasteiger partial charge in [0.2, 0.25) is 10.0 Å². The first-order valence-electron chi connectivity index (χ1n) is 12.3. The molecule has 0 unspecified atom stereocenters. The van der Waals surface area contributed by atoms with Gasteiger partial charge in [-0.15, -0.1) is 0 Å². The lowest BCUT2D eigenvalue weighted by Crippen LogP contribution is -2.32. The molecule has 2 heterocycles. The van der Waals surface area contributed by atoms with E-state index in [9.17, 15) is 30.8 Å². The molecule has 1 aliphatic carbocycles. The molecule has 0 bridgehead atoms. The summed E-state index contributed by atoms with van der Waals surface area (Å²) in [7, 11) is -2.72. The number of nitrogens with zero attached hydrogens (tertiary/aromatic N) is 3. The molecule has 216 valence electrons. The molecule has 14 heteroatoms. The van der Waals surface area contributed by atoms with E-state index in [1.54, 1.807) is 30.3 Å². The van der Waals surface area contributed by atoms with Crippen LogP contribution in [0.15, 0.2) is 53.1 Å². The van der Waals surface area contributed by atoms with Gasteiger partial charge in [0.1, 0.15) is 11.5 Å². The number of nitrogens with one attached hydrogen (secondary N) is 1. The summed E-state index contributed by atoms with van der Waals surface area (Å²) >= 11 is 8.81. The number of pyridine rings is 1. The van der Waals surface area contributed by atoms with Crippen molar-refractivity contribution < 1.29 is 30.8 Å². The normalized spacial score (nSPS) is 14.0. The number of aromatic nitrogens is 2. The van der Waals surface area contributed by atoms with E-state index in [2.05, 4.69) is 26.3 Å². The first-order chi connectivity index (χ1) is 19.2. The summed E-state index contributed by atoms with van der Waals surface area (Å²) in [6.07, 6.45) is -1.38. The summed E-state index contributed by atoms with van der Waals surface area (Å²) in [4.78, 5) is 13.0. The lowest BCUT2D eigenvalue weighted by molar-refractivity contribution is -0.140. The third-order valence-electron chi connectivity index (χ3n) is 6.82. The van der Waals surface area contributed by atoms with Crippen LogP contribution in [0.5, 0.6) is 0 Å². The Hall–Kier alpha value is -3.16. The Morgan fingerprint density at radius 1 is 1.20 bits per heavy atom. The number of carbonyl (C=O) groups is 1. The molecule has 5 rings (SSSR count). The molecular formula is C27H22BrClF4N4O3S. The Bertz CT molecular complexity index is 1790. The van der Waals surface area contributed by atoms with Crippen molar-refractivity contribution in [3.8, 4) is 11.3 Å². The number of fused-ring (bicyclic) bond motifs is 1. The summed E-state index contributed by atoms with van der Waals surface area (Å²) < 4.78 is 84.4. The topological polar surface area (TPSA) is 83.8 Å². The van der Waals surface area contributed by atoms with Crippen LogP contribution in [-0.4, -0.2) is 37.2 Å². The van der Waals surface area contributed by atoms with E-state index in [0.717, 1.165) is 35.5 Å². The van der Waals surface area contributed by atoms with Crippen molar-refractivity contribution in [2.45, 2.75) is 31.5 Å². The molecule has 0 radical (unpaired) electrons. The van der Waals surface area contributed by atoms with Gasteiger partial charge in [-0.1, -0.05) is 29.8 Å². The highest BCUT2D eigenvalue weighted by molar-refractivity contribution is 9.10. The second-order valence-electron chi connectivity index (χ2n) is 9.69. The molecule has 1 fully saturated rings. The standard InChI is InChI=1S/C27H22BrClF4N4O3S/c1-34-26(38)22-20-11-18(14-3-4-14)21(13-36(20)35-25(22)15-5-8-17(29)9-6-15)37(41(2,39)40)12-16-7-10-19(28)24(30)23(16)27(31,32)33/h5-11,13-14H,3-4,12H2,1-2H3,(H,34,38). The molecule has 0 aliphatic heterocycles. The maximum absolute atomic E-state index is 14.7. The van der Waals surface area contributed by atoms with Crippen LogP contribution in [0, 0.1) is 5.82 Å². The minimum atomic E-state index is -5.08. The molecule has 1 amide bonds. The fourth-order valence-electron chi connectivity index (χ4n) is 4.75. The SMILES string of the molecule is CNC(=O)c1c(-c2ccc(Cl)cc2)nn2cc(N(Cc3ccc(Br)c(F)c3C(F)(F)F)S(C)(=O)=O)c(C3CC3)cc12. The number of anilines is 1. The molecule has 1 N–H and O–H groups in total. The molecule has 1 saturated carbocycles. The van der Waals surface area contributed by atoms with E-state index < -0.39 is 50.1 Å². The van der Waals surface area contributed by atoms with Crippen molar-refractivity contribution in [2.75, 3.05) is 17.6 Å². The van der Waals surface area contributed by atoms with Gasteiger partial charge in [-0.3, -0.25) is 9.10 Å². The summed E-state index contributed by atoms with van der Waals surface area (Å²) in [5.41, 5.74) is 0.0165. The summed E-state index contributed by atoms with van der Waals surface area (Å²) in [6.45, 7) is -0.781. The maximum Gasteiger partial charge on any atom is 0.419 e. The van der Waals surface area contributed by atoms with Crippen molar-refractivity contribution in [3.05, 3.63) is 86.2 Å². The van der Waals surface area contributed by atoms with E-state index in [4.69, 9.17) is 11.6 Å². The summed E-state index contributed by atoms with van der Waals surface area (Å²) in [5.74, 6) is -2.05. The summed E-state index contributed by atoms with van der Waals surface area (Å²) in [5, 5.41) is 7.64. The van der Waals surface area contributed by atoms with Gasteiger partial charge in [0.25, 0.3) is 5.91 Å². The Balaban J connectivity index is 1.74. The number of hydrogen-bond acceptors (Lipinski definition) is 4. The first kappa shape index (κ1) is 29.3. The molecule has 7 nitrogen and oxygen atoms in total. The number of rotatable bonds is 7. The second-order valence-corrected chi connectivity index (χ2v) is 12.9. The number of sulfonamides is 1. The van der Waals surface area contributed by atoms with Crippen LogP contribution in [0.25, 0.3) is 16.8 Å². The van der Waals surface area contributed by atoms with Crippen LogP contribution in [0.3, 0.4) is 0 Å². The van der Waals surface area contributed by atoms with Crippen LogP contribution in [0.2, 0.25) is 5.02 Å². The molecule has 4 aromatic rings. The van der Waals surface area contributed by atoms with Gasteiger partial charge >= 0.3 is 6.18 Å². The third-order valence-corrected chi connectivity index (χ3v) is 8.81. The molecule has 41 heavy (non-hydrogen) atoms. The largest absolute Gasteiger partial charge is 0.419 e.